The molecule has 0 atom stereocenters. The third-order valence-corrected chi connectivity index (χ3v) is 1.88. The number of hydrogen-bond acceptors (Lipinski definition) is 3. The zero-order chi connectivity index (χ0) is 14.5. The quantitative estimate of drug-likeness (QED) is 0.301. The fraction of sp³-hybridized carbons (Fsp3) is 0. The Labute approximate surface area is 172 Å². The van der Waals surface area contributed by atoms with E-state index in [0.29, 0.717) is 0 Å². The number of hydrogen-bond donors (Lipinski definition) is 2. The molecule has 0 radical (unpaired) electrons. The van der Waals surface area contributed by atoms with Crippen LogP contribution in [0.3, 0.4) is 0 Å². The summed E-state index contributed by atoms with van der Waals surface area (Å²) in [4.78, 5) is 8.25. The molecule has 2 rings (SSSR count). The van der Waals surface area contributed by atoms with Gasteiger partial charge in [-0.15, -0.1) is 12.6 Å². The van der Waals surface area contributed by atoms with E-state index in [1.165, 1.54) is 11.1 Å². The Morgan fingerprint density at radius 3 is 1.40 bits per heavy atom. The summed E-state index contributed by atoms with van der Waals surface area (Å²) in [5.41, 5.74) is 7.26. The molecule has 0 heterocycles. The van der Waals surface area contributed by atoms with Gasteiger partial charge >= 0.3 is 51.4 Å². The van der Waals surface area contributed by atoms with Gasteiger partial charge in [-0.05, 0) is 11.1 Å². The molecule has 0 saturated heterocycles. The average Bonchev–Trinajstić information content (AvgIpc) is 2.41. The van der Waals surface area contributed by atoms with E-state index >= 15 is 0 Å². The molecule has 0 aliphatic heterocycles. The van der Waals surface area contributed by atoms with Crippen molar-refractivity contribution >= 4 is 35.6 Å². The molecule has 0 saturated carbocycles. The largest absolute Gasteiger partial charge is 1.00 e. The molecule has 2 aromatic rings. The molecule has 20 heavy (non-hydrogen) atoms. The molecule has 0 amide bonds. The first kappa shape index (κ1) is 22.1. The number of carboxylic acid groups (broad SMARTS) is 1. The van der Waals surface area contributed by atoms with Crippen molar-refractivity contribution in [3.63, 3.8) is 0 Å². The smallest absolute Gasteiger partial charge is 0.554 e. The van der Waals surface area contributed by atoms with Gasteiger partial charge in [-0.3, -0.25) is 0 Å². The first-order chi connectivity index (χ1) is 9.11. The maximum Gasteiger partial charge on any atom is 1.00 e. The van der Waals surface area contributed by atoms with E-state index in [9.17, 15) is 0 Å². The second-order valence-corrected chi connectivity index (χ2v) is 4.39. The Bertz CT molecular complexity index is 440. The van der Waals surface area contributed by atoms with Crippen LogP contribution in [0.1, 0.15) is 0 Å². The molecular weight excluding hydrogens is 317 g/mol. The van der Waals surface area contributed by atoms with Crippen molar-refractivity contribution in [2.45, 2.75) is 0 Å². The fourth-order valence-corrected chi connectivity index (χ4v) is 1.26. The Morgan fingerprint density at radius 2 is 1.20 bits per heavy atom. The summed E-state index contributed by atoms with van der Waals surface area (Å²) in [6, 6.07) is 20.8. The molecule has 2 aromatic carbocycles. The van der Waals surface area contributed by atoms with Crippen molar-refractivity contribution in [1.82, 2.24) is 0 Å². The number of thiocarbonyl (C=S) groups is 1. The van der Waals surface area contributed by atoms with Crippen molar-refractivity contribution in [2.24, 2.45) is 5.73 Å². The summed E-state index contributed by atoms with van der Waals surface area (Å²) < 4.78 is 0.194. The number of rotatable bonds is 1. The van der Waals surface area contributed by atoms with E-state index in [0.717, 1.165) is 0 Å². The molecule has 0 fully saturated rings. The van der Waals surface area contributed by atoms with Gasteiger partial charge < -0.3 is 15.6 Å². The van der Waals surface area contributed by atoms with Crippen molar-refractivity contribution in [1.29, 1.82) is 0 Å². The normalized spacial score (nSPS) is 7.65. The predicted molar refractivity (Wildman–Crippen MR) is 83.7 cm³/mol. The zero-order valence-electron chi connectivity index (χ0n) is 11.1. The average molecular weight is 332 g/mol. The fourth-order valence-electron chi connectivity index (χ4n) is 1.26. The van der Waals surface area contributed by atoms with Gasteiger partial charge in [0.15, 0.2) is 0 Å². The Hall–Kier alpha value is -0.214. The third kappa shape index (κ3) is 12.8. The van der Waals surface area contributed by atoms with Gasteiger partial charge in [-0.2, -0.15) is 0 Å². The standard InChI is InChI=1S/C12H10.CH3NS2.CH2O2.K/c1-3-7-11(8-4-1)12-9-5-2-6-10-12;2-1(3)4;2-1-3;/h1-10H;(H3,2,3,4);1H,(H,2,3);/q;;;+1/p-1. The van der Waals surface area contributed by atoms with Crippen LogP contribution in [0.25, 0.3) is 11.1 Å². The molecule has 0 unspecified atom stereocenters. The SMILES string of the molecule is NC(=S)S.O=C[O-].[K+].c1ccc(-c2ccccc2)cc1. The molecular formula is C14H14KNO2S2. The monoisotopic (exact) mass is 331 g/mol. The van der Waals surface area contributed by atoms with Crippen LogP contribution in [0.15, 0.2) is 60.7 Å². The molecule has 0 bridgehead atoms. The summed E-state index contributed by atoms with van der Waals surface area (Å²) in [6.45, 7) is -0.500. The zero-order valence-corrected chi connectivity index (χ0v) is 15.9. The van der Waals surface area contributed by atoms with Crippen LogP contribution < -0.4 is 62.2 Å². The van der Waals surface area contributed by atoms with E-state index in [2.05, 4.69) is 73.4 Å². The summed E-state index contributed by atoms with van der Waals surface area (Å²) in [6.07, 6.45) is 0. The second-order valence-electron chi connectivity index (χ2n) is 3.17. The number of carbonyl (C=O) groups excluding carboxylic acids is 1. The van der Waals surface area contributed by atoms with E-state index < -0.39 is 6.47 Å². The number of nitrogens with two attached hydrogens (primary N) is 1. The summed E-state index contributed by atoms with van der Waals surface area (Å²) in [7, 11) is 0. The predicted octanol–water partition coefficient (Wildman–Crippen LogP) is -1.12. The molecule has 0 aliphatic carbocycles. The Morgan fingerprint density at radius 1 is 1.00 bits per heavy atom. The first-order valence-electron chi connectivity index (χ1n) is 5.26. The van der Waals surface area contributed by atoms with Gasteiger partial charge in [-0.25, -0.2) is 0 Å². The van der Waals surface area contributed by atoms with Crippen LogP contribution in [-0.4, -0.2) is 10.8 Å². The summed E-state index contributed by atoms with van der Waals surface area (Å²) in [5, 5.41) is 8.25. The van der Waals surface area contributed by atoms with Gasteiger partial charge in [0.25, 0.3) is 0 Å². The van der Waals surface area contributed by atoms with Crippen molar-refractivity contribution < 1.29 is 61.3 Å². The Balaban J connectivity index is 0. The maximum absolute atomic E-state index is 8.25. The molecule has 0 spiro atoms. The maximum atomic E-state index is 8.25. The first-order valence-corrected chi connectivity index (χ1v) is 6.11. The van der Waals surface area contributed by atoms with Gasteiger partial charge in [-0.1, -0.05) is 72.9 Å². The van der Waals surface area contributed by atoms with Crippen molar-refractivity contribution in [3.05, 3.63) is 60.7 Å². The molecule has 2 N–H and O–H groups in total. The van der Waals surface area contributed by atoms with E-state index in [1.807, 2.05) is 12.1 Å². The minimum absolute atomic E-state index is 0. The van der Waals surface area contributed by atoms with Gasteiger partial charge in [0.1, 0.15) is 4.32 Å². The van der Waals surface area contributed by atoms with Gasteiger partial charge in [0.2, 0.25) is 0 Å². The van der Waals surface area contributed by atoms with Crippen LogP contribution in [-0.2, 0) is 4.79 Å². The molecule has 100 valence electrons. The van der Waals surface area contributed by atoms with E-state index in [1.54, 1.807) is 0 Å². The van der Waals surface area contributed by atoms with Crippen molar-refractivity contribution in [2.75, 3.05) is 0 Å². The minimum Gasteiger partial charge on any atom is -0.554 e. The van der Waals surface area contributed by atoms with Crippen LogP contribution in [0.2, 0.25) is 0 Å². The summed E-state index contributed by atoms with van der Waals surface area (Å²) in [5.74, 6) is 0. The number of thiol groups is 1. The van der Waals surface area contributed by atoms with Crippen LogP contribution >= 0.6 is 24.8 Å². The van der Waals surface area contributed by atoms with Gasteiger partial charge in [0.05, 0.1) is 0 Å². The van der Waals surface area contributed by atoms with Crippen LogP contribution in [0.4, 0.5) is 0 Å². The van der Waals surface area contributed by atoms with Gasteiger partial charge in [0, 0.05) is 6.47 Å². The third-order valence-electron chi connectivity index (χ3n) is 1.88. The molecule has 0 aliphatic rings. The molecule has 0 aromatic heterocycles. The second kappa shape index (κ2) is 15.2. The number of benzene rings is 2. The minimum atomic E-state index is -0.500. The van der Waals surface area contributed by atoms with Crippen LogP contribution in [0, 0.1) is 0 Å². The molecule has 6 heteroatoms. The van der Waals surface area contributed by atoms with E-state index in [4.69, 9.17) is 15.6 Å². The van der Waals surface area contributed by atoms with Crippen molar-refractivity contribution in [3.8, 4) is 11.1 Å². The van der Waals surface area contributed by atoms with E-state index in [-0.39, 0.29) is 55.7 Å². The molecule has 3 nitrogen and oxygen atoms in total. The number of carbonyl (C=O) groups is 1. The van der Waals surface area contributed by atoms with Crippen LogP contribution in [0.5, 0.6) is 0 Å². The topological polar surface area (TPSA) is 66.2 Å². The Kier molecular flexibility index (Phi) is 16.8. The summed E-state index contributed by atoms with van der Waals surface area (Å²) >= 11 is 7.65.